The van der Waals surface area contributed by atoms with E-state index in [0.717, 1.165) is 6.07 Å². The van der Waals surface area contributed by atoms with E-state index in [2.05, 4.69) is 30.3 Å². The van der Waals surface area contributed by atoms with Crippen molar-refractivity contribution >= 4 is 17.6 Å². The highest BCUT2D eigenvalue weighted by molar-refractivity contribution is 5.56. The van der Waals surface area contributed by atoms with Crippen LogP contribution in [0.15, 0.2) is 34.7 Å². The summed E-state index contributed by atoms with van der Waals surface area (Å²) in [6.07, 6.45) is -4.60. The molecule has 7 nitrogen and oxygen atoms in total. The van der Waals surface area contributed by atoms with Gasteiger partial charge in [0.05, 0.1) is 6.54 Å². The highest BCUT2D eigenvalue weighted by Crippen LogP contribution is 2.30. The third kappa shape index (κ3) is 6.53. The number of nitrogens with zero attached hydrogens (tertiary/aromatic N) is 3. The fourth-order valence-electron chi connectivity index (χ4n) is 2.64. The van der Waals surface area contributed by atoms with Gasteiger partial charge < -0.3 is 19.8 Å². The minimum Gasteiger partial charge on any atom is -0.465 e. The number of alkyl halides is 4. The van der Waals surface area contributed by atoms with Crippen LogP contribution in [0.2, 0.25) is 0 Å². The van der Waals surface area contributed by atoms with Gasteiger partial charge in [0.15, 0.2) is 6.61 Å². The summed E-state index contributed by atoms with van der Waals surface area (Å²) >= 11 is 0. The van der Waals surface area contributed by atoms with Crippen molar-refractivity contribution in [3.8, 4) is 6.01 Å². The average molecular weight is 457 g/mol. The van der Waals surface area contributed by atoms with Crippen LogP contribution in [0.1, 0.15) is 30.9 Å². The number of aryl methyl sites for hydroxylation is 1. The van der Waals surface area contributed by atoms with Crippen molar-refractivity contribution < 1.29 is 31.1 Å². The highest BCUT2D eigenvalue weighted by Gasteiger charge is 2.29. The number of furan rings is 1. The molecule has 3 rings (SSSR count). The van der Waals surface area contributed by atoms with E-state index in [4.69, 9.17) is 4.42 Å². The summed E-state index contributed by atoms with van der Waals surface area (Å²) in [5.41, 5.74) is -1.96. The summed E-state index contributed by atoms with van der Waals surface area (Å²) in [6.45, 7) is 2.68. The Morgan fingerprint density at radius 2 is 1.72 bits per heavy atom. The smallest absolute Gasteiger partial charge is 0.422 e. The fraction of sp³-hybridized carbons (Fsp3) is 0.350. The lowest BCUT2D eigenvalue weighted by Crippen LogP contribution is -2.21. The van der Waals surface area contributed by atoms with E-state index in [0.29, 0.717) is 11.5 Å². The molecule has 1 aromatic carbocycles. The molecule has 12 heteroatoms. The number of nitrogens with one attached hydrogen (secondary N) is 2. The molecule has 0 fully saturated rings. The molecule has 2 aromatic heterocycles. The van der Waals surface area contributed by atoms with E-state index >= 15 is 0 Å². The van der Waals surface area contributed by atoms with Gasteiger partial charge in [-0.05, 0) is 51.1 Å². The van der Waals surface area contributed by atoms with Gasteiger partial charge in [-0.15, -0.1) is 0 Å². The molecule has 172 valence electrons. The van der Waals surface area contributed by atoms with E-state index in [9.17, 15) is 22.0 Å². The van der Waals surface area contributed by atoms with Crippen LogP contribution in [0, 0.1) is 12.7 Å². The molecular weight excluding hydrogens is 437 g/mol. The maximum Gasteiger partial charge on any atom is 0.422 e. The molecule has 0 saturated heterocycles. The van der Waals surface area contributed by atoms with Crippen LogP contribution in [-0.4, -0.2) is 27.7 Å². The standard InChI is InChI=1S/C20H20F5N5O2/c1-11-4-6-13(32-11)9-26-16-28-17(30-18(29-16)31-10-20(23,24)25)27-12-5-7-15(21)14(8-12)19(2,3)22/h4-8H,9-10H2,1-3H3,(H2,26,27,28,29,30). The van der Waals surface area contributed by atoms with E-state index < -0.39 is 30.3 Å². The van der Waals surface area contributed by atoms with E-state index in [1.54, 1.807) is 19.1 Å². The Bertz CT molecular complexity index is 1080. The van der Waals surface area contributed by atoms with Gasteiger partial charge in [-0.1, -0.05) is 0 Å². The van der Waals surface area contributed by atoms with E-state index in [1.165, 1.54) is 26.0 Å². The third-order valence-corrected chi connectivity index (χ3v) is 4.06. The number of hydrogen-bond acceptors (Lipinski definition) is 7. The van der Waals surface area contributed by atoms with Crippen LogP contribution in [-0.2, 0) is 12.2 Å². The number of halogens is 5. The molecule has 0 aliphatic carbocycles. The Kier molecular flexibility index (Phi) is 6.51. The summed E-state index contributed by atoms with van der Waals surface area (Å²) in [6, 6.07) is 6.44. The predicted octanol–water partition coefficient (Wildman–Crippen LogP) is 5.41. The van der Waals surface area contributed by atoms with Gasteiger partial charge in [0.2, 0.25) is 11.9 Å². The Labute approximate surface area is 180 Å². The largest absolute Gasteiger partial charge is 0.465 e. The zero-order valence-corrected chi connectivity index (χ0v) is 17.3. The molecule has 0 atom stereocenters. The highest BCUT2D eigenvalue weighted by atomic mass is 19.4. The maximum atomic E-state index is 14.3. The second-order valence-electron chi connectivity index (χ2n) is 7.33. The van der Waals surface area contributed by atoms with Crippen molar-refractivity contribution in [3.05, 3.63) is 53.2 Å². The van der Waals surface area contributed by atoms with Crippen molar-refractivity contribution in [2.24, 2.45) is 0 Å². The molecule has 0 radical (unpaired) electrons. The number of aromatic nitrogens is 3. The van der Waals surface area contributed by atoms with Crippen LogP contribution in [0.4, 0.5) is 39.5 Å². The first-order chi connectivity index (χ1) is 14.9. The third-order valence-electron chi connectivity index (χ3n) is 4.06. The zero-order chi connectivity index (χ0) is 23.5. The van der Waals surface area contributed by atoms with Crippen LogP contribution in [0.25, 0.3) is 0 Å². The molecule has 32 heavy (non-hydrogen) atoms. The van der Waals surface area contributed by atoms with Gasteiger partial charge >= 0.3 is 12.2 Å². The first-order valence-electron chi connectivity index (χ1n) is 9.40. The lowest BCUT2D eigenvalue weighted by molar-refractivity contribution is -0.154. The van der Waals surface area contributed by atoms with Crippen molar-refractivity contribution in [2.75, 3.05) is 17.2 Å². The minimum absolute atomic E-state index is 0.0955. The van der Waals surface area contributed by atoms with Gasteiger partial charge in [-0.2, -0.15) is 28.1 Å². The molecule has 0 aliphatic heterocycles. The predicted molar refractivity (Wildman–Crippen MR) is 106 cm³/mol. The number of benzene rings is 1. The molecule has 2 heterocycles. The van der Waals surface area contributed by atoms with Crippen molar-refractivity contribution in [1.29, 1.82) is 0 Å². The molecule has 0 spiro atoms. The lowest BCUT2D eigenvalue weighted by Gasteiger charge is -2.17. The molecule has 2 N–H and O–H groups in total. The second kappa shape index (κ2) is 8.97. The Morgan fingerprint density at radius 3 is 2.34 bits per heavy atom. The van der Waals surface area contributed by atoms with Gasteiger partial charge in [0.25, 0.3) is 0 Å². The summed E-state index contributed by atoms with van der Waals surface area (Å²) in [5.74, 6) is 0.191. The number of hydrogen-bond donors (Lipinski definition) is 2. The van der Waals surface area contributed by atoms with Gasteiger partial charge in [0, 0.05) is 11.3 Å². The maximum absolute atomic E-state index is 14.3. The van der Waals surface area contributed by atoms with Crippen LogP contribution < -0.4 is 15.4 Å². The van der Waals surface area contributed by atoms with E-state index in [1.807, 2.05) is 0 Å². The molecule has 3 aromatic rings. The van der Waals surface area contributed by atoms with Crippen molar-refractivity contribution in [3.63, 3.8) is 0 Å². The van der Waals surface area contributed by atoms with E-state index in [-0.39, 0.29) is 29.7 Å². The number of rotatable bonds is 8. The zero-order valence-electron chi connectivity index (χ0n) is 17.3. The summed E-state index contributed by atoms with van der Waals surface area (Å²) in [5, 5.41) is 5.51. The first-order valence-corrected chi connectivity index (χ1v) is 9.40. The van der Waals surface area contributed by atoms with Crippen molar-refractivity contribution in [1.82, 2.24) is 15.0 Å². The van der Waals surface area contributed by atoms with Crippen LogP contribution in [0.3, 0.4) is 0 Å². The summed E-state index contributed by atoms with van der Waals surface area (Å²) < 4.78 is 75.9. The lowest BCUT2D eigenvalue weighted by atomic mass is 9.99. The average Bonchev–Trinajstić information content (AvgIpc) is 3.10. The Morgan fingerprint density at radius 1 is 1.00 bits per heavy atom. The molecule has 0 bridgehead atoms. The second-order valence-corrected chi connectivity index (χ2v) is 7.33. The van der Waals surface area contributed by atoms with Crippen LogP contribution in [0.5, 0.6) is 6.01 Å². The SMILES string of the molecule is Cc1ccc(CNc2nc(Nc3ccc(F)c(C(C)(C)F)c3)nc(OCC(F)(F)F)n2)o1. The number of ether oxygens (including phenoxy) is 1. The topological polar surface area (TPSA) is 85.1 Å². The summed E-state index contributed by atoms with van der Waals surface area (Å²) in [7, 11) is 0. The Hall–Kier alpha value is -3.44. The monoisotopic (exact) mass is 457 g/mol. The minimum atomic E-state index is -4.60. The van der Waals surface area contributed by atoms with Crippen molar-refractivity contribution in [2.45, 2.75) is 39.2 Å². The van der Waals surface area contributed by atoms with Crippen LogP contribution >= 0.6 is 0 Å². The Balaban J connectivity index is 1.86. The van der Waals surface area contributed by atoms with Gasteiger partial charge in [-0.3, -0.25) is 0 Å². The molecular formula is C20H20F5N5O2. The molecule has 0 amide bonds. The van der Waals surface area contributed by atoms with Gasteiger partial charge in [-0.25, -0.2) is 8.78 Å². The molecule has 0 aliphatic rings. The molecule has 0 saturated carbocycles. The fourth-order valence-corrected chi connectivity index (χ4v) is 2.64. The first kappa shape index (κ1) is 23.2. The quantitative estimate of drug-likeness (QED) is 0.437. The summed E-state index contributed by atoms with van der Waals surface area (Å²) in [4.78, 5) is 11.7. The molecule has 0 unspecified atom stereocenters. The number of anilines is 3. The van der Waals surface area contributed by atoms with Gasteiger partial charge in [0.1, 0.15) is 23.0 Å². The normalized spacial score (nSPS) is 12.0.